The molecule has 0 aliphatic rings. The Morgan fingerprint density at radius 3 is 2.65 bits per heavy atom. The van der Waals surface area contributed by atoms with Gasteiger partial charge in [-0.1, -0.05) is 66.4 Å². The van der Waals surface area contributed by atoms with Gasteiger partial charge in [-0.05, 0) is 25.0 Å². The van der Waals surface area contributed by atoms with Crippen LogP contribution >= 0.6 is 23.1 Å². The summed E-state index contributed by atoms with van der Waals surface area (Å²) in [5.41, 5.74) is 3.99. The predicted molar refractivity (Wildman–Crippen MR) is 137 cm³/mol. The number of ether oxygens (including phenoxy) is 1. The predicted octanol–water partition coefficient (Wildman–Crippen LogP) is 5.51. The number of carbonyl (C=O) groups is 1. The third kappa shape index (κ3) is 5.73. The lowest BCUT2D eigenvalue weighted by Crippen LogP contribution is -2.15. The summed E-state index contributed by atoms with van der Waals surface area (Å²) < 4.78 is 7.96. The smallest absolute Gasteiger partial charge is 0.236 e. The van der Waals surface area contributed by atoms with Crippen molar-refractivity contribution in [2.45, 2.75) is 32.2 Å². The van der Waals surface area contributed by atoms with E-state index in [-0.39, 0.29) is 18.3 Å². The number of nitrogens with zero attached hydrogens (tertiary/aromatic N) is 4. The van der Waals surface area contributed by atoms with Gasteiger partial charge in [0.25, 0.3) is 0 Å². The number of thiazole rings is 1. The number of aromatic nitrogens is 4. The summed E-state index contributed by atoms with van der Waals surface area (Å²) in [6.07, 6.45) is 1.77. The van der Waals surface area contributed by atoms with Gasteiger partial charge >= 0.3 is 0 Å². The molecule has 2 heterocycles. The number of carbonyl (C=O) groups excluding carboxylic acids is 1. The molecule has 0 aliphatic carbocycles. The molecular weight excluding hydrogens is 466 g/mol. The van der Waals surface area contributed by atoms with E-state index in [0.29, 0.717) is 22.7 Å². The number of allylic oxidation sites excluding steroid dienone is 1. The lowest BCUT2D eigenvalue weighted by Gasteiger charge is -2.12. The number of rotatable bonds is 10. The highest BCUT2D eigenvalue weighted by atomic mass is 32.2. The van der Waals surface area contributed by atoms with Crippen LogP contribution in [0.25, 0.3) is 11.3 Å². The Morgan fingerprint density at radius 1 is 1.15 bits per heavy atom. The molecule has 1 amide bonds. The van der Waals surface area contributed by atoms with Crippen molar-refractivity contribution < 1.29 is 9.53 Å². The van der Waals surface area contributed by atoms with Crippen LogP contribution in [0.1, 0.15) is 17.0 Å². The first-order chi connectivity index (χ1) is 16.5. The third-order valence-corrected chi connectivity index (χ3v) is 6.74. The van der Waals surface area contributed by atoms with Gasteiger partial charge in [-0.15, -0.1) is 28.1 Å². The molecule has 34 heavy (non-hydrogen) atoms. The van der Waals surface area contributed by atoms with Gasteiger partial charge in [-0.2, -0.15) is 0 Å². The Kier molecular flexibility index (Phi) is 7.76. The summed E-state index contributed by atoms with van der Waals surface area (Å²) in [6.45, 7) is 8.66. The van der Waals surface area contributed by atoms with E-state index in [9.17, 15) is 4.79 Å². The lowest BCUT2D eigenvalue weighted by molar-refractivity contribution is -0.113. The highest BCUT2D eigenvalue weighted by molar-refractivity contribution is 7.99. The minimum atomic E-state index is -0.152. The van der Waals surface area contributed by atoms with E-state index in [1.54, 1.807) is 6.08 Å². The van der Waals surface area contributed by atoms with Crippen LogP contribution in [0.15, 0.2) is 71.7 Å². The van der Waals surface area contributed by atoms with Crippen LogP contribution < -0.4 is 10.1 Å². The first-order valence-electron chi connectivity index (χ1n) is 10.7. The fraction of sp³-hybridized carbons (Fsp3) is 0.200. The molecule has 0 unspecified atom stereocenters. The van der Waals surface area contributed by atoms with Crippen molar-refractivity contribution in [2.75, 3.05) is 11.1 Å². The molecule has 9 heteroatoms. The van der Waals surface area contributed by atoms with Crippen molar-refractivity contribution in [1.29, 1.82) is 0 Å². The Balaban J connectivity index is 1.37. The van der Waals surface area contributed by atoms with Crippen LogP contribution in [0.2, 0.25) is 0 Å². The number of aryl methyl sites for hydroxylation is 2. The molecule has 2 aromatic carbocycles. The number of benzene rings is 2. The molecule has 4 rings (SSSR count). The highest BCUT2D eigenvalue weighted by Crippen LogP contribution is 2.26. The summed E-state index contributed by atoms with van der Waals surface area (Å²) in [6, 6.07) is 15.9. The normalized spacial score (nSPS) is 10.8. The van der Waals surface area contributed by atoms with E-state index in [1.807, 2.05) is 72.3 Å². The van der Waals surface area contributed by atoms with E-state index in [1.165, 1.54) is 23.1 Å². The summed E-state index contributed by atoms with van der Waals surface area (Å²) in [4.78, 5) is 17.0. The van der Waals surface area contributed by atoms with Gasteiger partial charge in [0.1, 0.15) is 12.4 Å². The molecule has 2 aromatic heterocycles. The first kappa shape index (κ1) is 23.7. The summed E-state index contributed by atoms with van der Waals surface area (Å²) >= 11 is 2.72. The zero-order valence-electron chi connectivity index (χ0n) is 19.0. The highest BCUT2D eigenvalue weighted by Gasteiger charge is 2.16. The van der Waals surface area contributed by atoms with E-state index in [2.05, 4.69) is 27.1 Å². The monoisotopic (exact) mass is 491 g/mol. The number of thioether (sulfide) groups is 1. The van der Waals surface area contributed by atoms with E-state index in [4.69, 9.17) is 4.74 Å². The molecule has 7 nitrogen and oxygen atoms in total. The quantitative estimate of drug-likeness (QED) is 0.233. The van der Waals surface area contributed by atoms with Crippen LogP contribution in [0.4, 0.5) is 5.13 Å². The number of hydrogen-bond donors (Lipinski definition) is 1. The van der Waals surface area contributed by atoms with Gasteiger partial charge in [0.2, 0.25) is 5.91 Å². The lowest BCUT2D eigenvalue weighted by atomic mass is 10.1. The Hall–Kier alpha value is -3.43. The average Bonchev–Trinajstić information content (AvgIpc) is 3.45. The molecule has 0 spiro atoms. The second-order valence-electron chi connectivity index (χ2n) is 7.55. The zero-order chi connectivity index (χ0) is 23.9. The fourth-order valence-corrected chi connectivity index (χ4v) is 4.87. The largest absolute Gasteiger partial charge is 0.485 e. The maximum atomic E-state index is 12.5. The molecule has 1 N–H and O–H groups in total. The molecule has 0 bridgehead atoms. The van der Waals surface area contributed by atoms with Gasteiger partial charge in [0.15, 0.2) is 16.1 Å². The number of amides is 1. The molecule has 0 saturated carbocycles. The van der Waals surface area contributed by atoms with Crippen molar-refractivity contribution in [1.82, 2.24) is 19.7 Å². The fourth-order valence-electron chi connectivity index (χ4n) is 3.37. The van der Waals surface area contributed by atoms with Gasteiger partial charge in [0.05, 0.1) is 11.4 Å². The zero-order valence-corrected chi connectivity index (χ0v) is 20.7. The summed E-state index contributed by atoms with van der Waals surface area (Å²) in [5, 5.41) is 14.6. The third-order valence-electron chi connectivity index (χ3n) is 5.01. The molecule has 0 aliphatic heterocycles. The Morgan fingerprint density at radius 2 is 1.91 bits per heavy atom. The van der Waals surface area contributed by atoms with Crippen LogP contribution in [0.5, 0.6) is 5.75 Å². The SMILES string of the molecule is C=CCn1c(COc2c(C)cccc2C)nnc1SCC(=O)Nc1nc(-c2ccccc2)cs1. The van der Waals surface area contributed by atoms with Crippen molar-refractivity contribution in [2.24, 2.45) is 0 Å². The van der Waals surface area contributed by atoms with E-state index < -0.39 is 0 Å². The van der Waals surface area contributed by atoms with Crippen molar-refractivity contribution in [3.05, 3.63) is 83.5 Å². The Labute approximate surface area is 206 Å². The van der Waals surface area contributed by atoms with Crippen LogP contribution in [-0.4, -0.2) is 31.4 Å². The van der Waals surface area contributed by atoms with Gasteiger partial charge in [0, 0.05) is 17.5 Å². The minimum absolute atomic E-state index is 0.152. The van der Waals surface area contributed by atoms with Gasteiger partial charge in [-0.3, -0.25) is 9.36 Å². The topological polar surface area (TPSA) is 81.9 Å². The van der Waals surface area contributed by atoms with Crippen molar-refractivity contribution in [3.8, 4) is 17.0 Å². The molecule has 4 aromatic rings. The Bertz CT molecular complexity index is 1260. The number of anilines is 1. The second-order valence-corrected chi connectivity index (χ2v) is 9.35. The number of nitrogens with one attached hydrogen (secondary N) is 1. The number of hydrogen-bond acceptors (Lipinski definition) is 7. The van der Waals surface area contributed by atoms with Crippen molar-refractivity contribution in [3.63, 3.8) is 0 Å². The van der Waals surface area contributed by atoms with Crippen LogP contribution in [0, 0.1) is 13.8 Å². The molecule has 0 atom stereocenters. The average molecular weight is 492 g/mol. The van der Waals surface area contributed by atoms with E-state index >= 15 is 0 Å². The maximum Gasteiger partial charge on any atom is 0.236 e. The van der Waals surface area contributed by atoms with Crippen molar-refractivity contribution >= 4 is 34.1 Å². The summed E-state index contributed by atoms with van der Waals surface area (Å²) in [5.74, 6) is 1.56. The van der Waals surface area contributed by atoms with Gasteiger partial charge < -0.3 is 10.1 Å². The molecule has 0 fully saturated rings. The maximum absolute atomic E-state index is 12.5. The van der Waals surface area contributed by atoms with Crippen LogP contribution in [-0.2, 0) is 17.9 Å². The first-order valence-corrected chi connectivity index (χ1v) is 12.6. The minimum Gasteiger partial charge on any atom is -0.485 e. The number of para-hydroxylation sites is 1. The standard InChI is InChI=1S/C25H25N5O2S2/c1-4-13-30-21(14-32-23-17(2)9-8-10-18(23)3)28-29-25(30)34-16-22(31)27-24-26-20(15-33-24)19-11-6-5-7-12-19/h4-12,15H,1,13-14,16H2,2-3H3,(H,26,27,31). The molecule has 174 valence electrons. The molecular formula is C25H25N5O2S2. The van der Waals surface area contributed by atoms with Crippen LogP contribution in [0.3, 0.4) is 0 Å². The molecule has 0 saturated heterocycles. The van der Waals surface area contributed by atoms with E-state index in [0.717, 1.165) is 28.1 Å². The van der Waals surface area contributed by atoms with Gasteiger partial charge in [-0.25, -0.2) is 4.98 Å². The summed E-state index contributed by atoms with van der Waals surface area (Å²) in [7, 11) is 0. The second kappa shape index (κ2) is 11.1. The molecule has 0 radical (unpaired) electrons.